The van der Waals surface area contributed by atoms with Gasteiger partial charge in [-0.2, -0.15) is 0 Å². The first-order valence-corrected chi connectivity index (χ1v) is 20.7. The number of amides is 5. The van der Waals surface area contributed by atoms with E-state index in [0.717, 1.165) is 60.3 Å². The second kappa shape index (κ2) is 14.5. The van der Waals surface area contributed by atoms with Gasteiger partial charge in [-0.3, -0.25) is 39.1 Å². The average Bonchev–Trinajstić information content (AvgIpc) is 3.75. The number of piperidine rings is 1. The number of imide groups is 2. The average molecular weight is 779 g/mol. The number of benzene rings is 4. The molecule has 296 valence electrons. The van der Waals surface area contributed by atoms with Crippen LogP contribution in [0.1, 0.15) is 111 Å². The van der Waals surface area contributed by atoms with Crippen molar-refractivity contribution < 1.29 is 33.8 Å². The molecule has 3 fully saturated rings. The second-order valence-corrected chi connectivity index (χ2v) is 17.0. The Morgan fingerprint density at radius 2 is 1.40 bits per heavy atom. The van der Waals surface area contributed by atoms with Gasteiger partial charge >= 0.3 is 0 Å². The monoisotopic (exact) mass is 778 g/mol. The third-order valence-corrected chi connectivity index (χ3v) is 13.6. The van der Waals surface area contributed by atoms with Crippen LogP contribution in [0.25, 0.3) is 0 Å². The molecule has 4 aromatic rings. The number of carbonyl (C=O) groups is 5. The minimum absolute atomic E-state index is 0.00314. The fraction of sp³-hybridized carbons (Fsp3) is 0.383. The van der Waals surface area contributed by atoms with Crippen molar-refractivity contribution in [2.45, 2.75) is 94.5 Å². The molecule has 2 N–H and O–H groups in total. The van der Waals surface area contributed by atoms with E-state index in [9.17, 15) is 29.1 Å². The molecule has 0 radical (unpaired) electrons. The molecule has 4 aromatic carbocycles. The van der Waals surface area contributed by atoms with Crippen LogP contribution in [0, 0.1) is 5.92 Å². The Kier molecular flexibility index (Phi) is 9.15. The summed E-state index contributed by atoms with van der Waals surface area (Å²) < 4.78 is 6.35. The highest BCUT2D eigenvalue weighted by molar-refractivity contribution is 6.23. The largest absolute Gasteiger partial charge is 0.508 e. The fourth-order valence-corrected chi connectivity index (χ4v) is 10.5. The van der Waals surface area contributed by atoms with E-state index >= 15 is 0 Å². The van der Waals surface area contributed by atoms with Crippen LogP contribution in [0.2, 0.25) is 0 Å². The molecule has 4 aliphatic heterocycles. The second-order valence-electron chi connectivity index (χ2n) is 17.0. The van der Waals surface area contributed by atoms with Crippen LogP contribution in [0.15, 0.2) is 84.9 Å². The van der Waals surface area contributed by atoms with Gasteiger partial charge in [0.2, 0.25) is 17.7 Å². The lowest BCUT2D eigenvalue weighted by molar-refractivity contribution is -0.146. The summed E-state index contributed by atoms with van der Waals surface area (Å²) in [4.78, 5) is 69.7. The van der Waals surface area contributed by atoms with Crippen molar-refractivity contribution in [3.8, 4) is 11.5 Å². The number of nitrogens with one attached hydrogen (secondary N) is 1. The van der Waals surface area contributed by atoms with E-state index in [2.05, 4.69) is 58.7 Å². The lowest BCUT2D eigenvalue weighted by Gasteiger charge is -2.42. The molecule has 1 unspecified atom stereocenters. The van der Waals surface area contributed by atoms with Crippen molar-refractivity contribution in [2.24, 2.45) is 5.92 Å². The van der Waals surface area contributed by atoms with Crippen LogP contribution >= 0.6 is 0 Å². The molecule has 10 rings (SSSR count). The zero-order valence-electron chi connectivity index (χ0n) is 32.3. The molecule has 58 heavy (non-hydrogen) atoms. The van der Waals surface area contributed by atoms with Gasteiger partial charge < -0.3 is 14.7 Å². The smallest absolute Gasteiger partial charge is 0.262 e. The molecule has 11 nitrogen and oxygen atoms in total. The number of aromatic hydroxyl groups is 1. The Labute approximate surface area is 337 Å². The number of phenolic OH excluding ortho intramolecular Hbond substituents is 1. The standard InChI is InChI=1S/C47H46N4O7/c52-34-13-17-38-30(20-34)10-16-37(27-4-2-1-3-5-27)43(38)28-8-14-35(15-9-28)58-36-25-50(26-36)45(55)29-6-11-33(12-7-29)49-23-31-21-39-40(22-32(31)24-49)47(57)51(46(39)56)41-18-19-42(53)48-44(41)54/h1-5,8-9,13-15,17,20-22,29,33,36-37,41,43,52H,6-7,10-12,16,18-19,23-26H2,(H,48,53,54)/t29?,33?,37-,41?,43+/m0/s1. The number of aryl methyl sites for hydroxylation is 1. The maximum Gasteiger partial charge on any atom is 0.262 e. The molecule has 0 aromatic heterocycles. The first-order chi connectivity index (χ1) is 28.2. The summed E-state index contributed by atoms with van der Waals surface area (Å²) in [6, 6.07) is 27.9. The topological polar surface area (TPSA) is 137 Å². The molecule has 3 atom stereocenters. The Hall–Kier alpha value is -5.81. The maximum atomic E-state index is 13.6. The van der Waals surface area contributed by atoms with Gasteiger partial charge in [0.05, 0.1) is 24.2 Å². The van der Waals surface area contributed by atoms with E-state index in [-0.39, 0.29) is 36.7 Å². The minimum Gasteiger partial charge on any atom is -0.508 e. The molecule has 4 heterocycles. The predicted molar refractivity (Wildman–Crippen MR) is 213 cm³/mol. The lowest BCUT2D eigenvalue weighted by atomic mass is 9.69. The SMILES string of the molecule is O=C1CCC(N2C(=O)c3cc4c(cc3C2=O)CN(C2CCC(C(=O)N3CC(Oc5ccc([C@H]6c7ccc(O)cc7CC[C@H]6c6ccccc6)cc5)C3)CC2)C4)C(=O)N1. The van der Waals surface area contributed by atoms with E-state index < -0.39 is 29.7 Å². The molecule has 2 saturated heterocycles. The zero-order valence-corrected chi connectivity index (χ0v) is 32.3. The van der Waals surface area contributed by atoms with Crippen LogP contribution in [0.3, 0.4) is 0 Å². The Morgan fingerprint density at radius 3 is 2.07 bits per heavy atom. The van der Waals surface area contributed by atoms with Crippen molar-refractivity contribution in [1.29, 1.82) is 0 Å². The van der Waals surface area contributed by atoms with E-state index in [4.69, 9.17) is 4.74 Å². The number of likely N-dealkylation sites (tertiary alicyclic amines) is 1. The van der Waals surface area contributed by atoms with Crippen LogP contribution in [-0.4, -0.2) is 80.6 Å². The summed E-state index contributed by atoms with van der Waals surface area (Å²) in [5.41, 5.74) is 7.69. The highest BCUT2D eigenvalue weighted by atomic mass is 16.5. The predicted octanol–water partition coefficient (Wildman–Crippen LogP) is 5.82. The third-order valence-electron chi connectivity index (χ3n) is 13.6. The summed E-state index contributed by atoms with van der Waals surface area (Å²) >= 11 is 0. The van der Waals surface area contributed by atoms with Crippen molar-refractivity contribution >= 4 is 29.5 Å². The lowest BCUT2D eigenvalue weighted by Crippen LogP contribution is -2.58. The van der Waals surface area contributed by atoms with Gasteiger partial charge in [0.1, 0.15) is 23.6 Å². The number of nitrogens with zero attached hydrogens (tertiary/aromatic N) is 3. The number of hydrogen-bond donors (Lipinski definition) is 2. The van der Waals surface area contributed by atoms with Gasteiger partial charge in [-0.1, -0.05) is 48.5 Å². The van der Waals surface area contributed by atoms with Gasteiger partial charge in [0, 0.05) is 37.4 Å². The quantitative estimate of drug-likeness (QED) is 0.224. The van der Waals surface area contributed by atoms with Crippen LogP contribution in [0.4, 0.5) is 0 Å². The number of phenols is 1. The van der Waals surface area contributed by atoms with Gasteiger partial charge in [0.15, 0.2) is 0 Å². The number of hydrogen-bond acceptors (Lipinski definition) is 8. The van der Waals surface area contributed by atoms with E-state index in [0.29, 0.717) is 55.0 Å². The molecule has 6 aliphatic rings. The summed E-state index contributed by atoms with van der Waals surface area (Å²) in [7, 11) is 0. The summed E-state index contributed by atoms with van der Waals surface area (Å²) in [5.74, 6) is -0.135. The molecule has 0 bridgehead atoms. The van der Waals surface area contributed by atoms with Gasteiger partial charge in [0.25, 0.3) is 11.8 Å². The van der Waals surface area contributed by atoms with Crippen molar-refractivity contribution in [3.05, 3.63) is 129 Å². The molecular weight excluding hydrogens is 733 g/mol. The highest BCUT2D eigenvalue weighted by Crippen LogP contribution is 2.47. The van der Waals surface area contributed by atoms with Crippen molar-refractivity contribution in [3.63, 3.8) is 0 Å². The van der Waals surface area contributed by atoms with E-state index in [1.807, 2.05) is 35.2 Å². The molecule has 0 spiro atoms. The minimum atomic E-state index is -0.972. The van der Waals surface area contributed by atoms with Gasteiger partial charge in [-0.25, -0.2) is 0 Å². The number of fused-ring (bicyclic) bond motifs is 3. The number of carbonyl (C=O) groups excluding carboxylic acids is 5. The van der Waals surface area contributed by atoms with E-state index in [1.165, 1.54) is 22.3 Å². The zero-order chi connectivity index (χ0) is 39.7. The normalized spacial score (nSPS) is 25.8. The molecule has 11 heteroatoms. The first-order valence-electron chi connectivity index (χ1n) is 20.7. The Bertz CT molecular complexity index is 2290. The van der Waals surface area contributed by atoms with Gasteiger partial charge in [-0.15, -0.1) is 0 Å². The molecular formula is C47H46N4O7. The van der Waals surface area contributed by atoms with E-state index in [1.54, 1.807) is 6.07 Å². The van der Waals surface area contributed by atoms with Crippen LogP contribution in [0.5, 0.6) is 11.5 Å². The summed E-state index contributed by atoms with van der Waals surface area (Å²) in [5, 5.41) is 12.4. The Balaban J connectivity index is 0.716. The Morgan fingerprint density at radius 1 is 0.707 bits per heavy atom. The number of rotatable bonds is 7. The summed E-state index contributed by atoms with van der Waals surface area (Å²) in [6.07, 6.45) is 5.58. The van der Waals surface area contributed by atoms with Crippen LogP contribution < -0.4 is 10.1 Å². The fourth-order valence-electron chi connectivity index (χ4n) is 10.5. The summed E-state index contributed by atoms with van der Waals surface area (Å²) in [6.45, 7) is 2.51. The first kappa shape index (κ1) is 36.5. The number of ether oxygens (including phenoxy) is 1. The third kappa shape index (κ3) is 6.45. The highest BCUT2D eigenvalue weighted by Gasteiger charge is 2.46. The van der Waals surface area contributed by atoms with Crippen LogP contribution in [-0.2, 0) is 33.9 Å². The van der Waals surface area contributed by atoms with Gasteiger partial charge in [-0.05, 0) is 121 Å². The van der Waals surface area contributed by atoms with Crippen molar-refractivity contribution in [2.75, 3.05) is 13.1 Å². The molecule has 5 amide bonds. The van der Waals surface area contributed by atoms with Crippen molar-refractivity contribution in [1.82, 2.24) is 20.0 Å². The molecule has 2 aliphatic carbocycles. The maximum absolute atomic E-state index is 13.6. The molecule has 1 saturated carbocycles.